The lowest BCUT2D eigenvalue weighted by atomic mass is 9.65. The maximum Gasteiger partial charge on any atom is 0.0571 e. The minimum Gasteiger partial charge on any atom is -0.0785 e. The molecular weight excluding hydrogens is 384 g/mol. The van der Waals surface area contributed by atoms with Crippen LogP contribution in [0.4, 0.5) is 0 Å². The van der Waals surface area contributed by atoms with Crippen molar-refractivity contribution in [1.29, 1.82) is 0 Å². The first-order chi connectivity index (χ1) is 15.1. The number of rotatable bonds is 3. The van der Waals surface area contributed by atoms with Crippen molar-refractivity contribution in [2.45, 2.75) is 57.8 Å². The topological polar surface area (TPSA) is 0 Å². The van der Waals surface area contributed by atoms with Crippen molar-refractivity contribution in [3.8, 4) is 0 Å². The second kappa shape index (κ2) is 8.24. The summed E-state index contributed by atoms with van der Waals surface area (Å²) >= 11 is 0. The second-order valence-corrected chi connectivity index (χ2v) is 11.0. The van der Waals surface area contributed by atoms with Gasteiger partial charge < -0.3 is 0 Å². The zero-order valence-corrected chi connectivity index (χ0v) is 20.3. The first-order valence-corrected chi connectivity index (χ1v) is 11.6. The molecule has 32 heavy (non-hydrogen) atoms. The van der Waals surface area contributed by atoms with E-state index in [0.717, 1.165) is 0 Å². The van der Waals surface area contributed by atoms with E-state index in [4.69, 9.17) is 0 Å². The molecular formula is C32H35. The first kappa shape index (κ1) is 22.3. The molecule has 1 atom stereocenters. The maximum absolute atomic E-state index is 2.48. The molecule has 1 aliphatic rings. The molecule has 1 aliphatic carbocycles. The van der Waals surface area contributed by atoms with Gasteiger partial charge in [0.15, 0.2) is 0 Å². The summed E-state index contributed by atoms with van der Waals surface area (Å²) in [6.45, 7) is 13.8. The Hall–Kier alpha value is -2.86. The molecule has 163 valence electrons. The predicted octanol–water partition coefficient (Wildman–Crippen LogP) is 8.43. The Bertz CT molecular complexity index is 1150. The van der Waals surface area contributed by atoms with E-state index in [1.54, 1.807) is 0 Å². The number of hydrogen-bond donors (Lipinski definition) is 0. The highest BCUT2D eigenvalue weighted by atomic mass is 14.4. The monoisotopic (exact) mass is 419 g/mol. The molecule has 0 heteroatoms. The van der Waals surface area contributed by atoms with Gasteiger partial charge in [-0.25, -0.2) is 0 Å². The average molecular weight is 420 g/mol. The van der Waals surface area contributed by atoms with Crippen LogP contribution >= 0.6 is 0 Å². The molecule has 0 aromatic heterocycles. The van der Waals surface area contributed by atoms with E-state index in [0.29, 0.717) is 0 Å². The molecule has 0 bridgehead atoms. The zero-order valence-electron chi connectivity index (χ0n) is 20.3. The molecule has 0 aliphatic heterocycles. The number of hydrogen-bond acceptors (Lipinski definition) is 0. The summed E-state index contributed by atoms with van der Waals surface area (Å²) in [5.74, 6) is 0. The van der Waals surface area contributed by atoms with Crippen LogP contribution < -0.4 is 0 Å². The van der Waals surface area contributed by atoms with Gasteiger partial charge in [-0.05, 0) is 44.2 Å². The Balaban J connectivity index is 2.02. The molecule has 1 unspecified atom stereocenters. The predicted molar refractivity (Wildman–Crippen MR) is 139 cm³/mol. The van der Waals surface area contributed by atoms with E-state index < -0.39 is 0 Å². The highest BCUT2D eigenvalue weighted by Crippen LogP contribution is 2.46. The zero-order chi connectivity index (χ0) is 23.0. The Labute approximate surface area is 194 Å². The van der Waals surface area contributed by atoms with Crippen LogP contribution in [0.1, 0.15) is 69.4 Å². The molecule has 0 nitrogen and oxygen atoms in total. The van der Waals surface area contributed by atoms with Gasteiger partial charge in [-0.3, -0.25) is 0 Å². The summed E-state index contributed by atoms with van der Waals surface area (Å²) in [4.78, 5) is 0. The van der Waals surface area contributed by atoms with Gasteiger partial charge in [0.05, 0.1) is 5.41 Å². The minimum atomic E-state index is -0.319. The van der Waals surface area contributed by atoms with E-state index in [9.17, 15) is 0 Å². The van der Waals surface area contributed by atoms with Crippen LogP contribution in [0.2, 0.25) is 0 Å². The largest absolute Gasteiger partial charge is 0.0785 e. The fourth-order valence-corrected chi connectivity index (χ4v) is 4.92. The fourth-order valence-electron chi connectivity index (χ4n) is 4.92. The van der Waals surface area contributed by atoms with Crippen molar-refractivity contribution in [1.82, 2.24) is 0 Å². The molecule has 0 amide bonds. The Morgan fingerprint density at radius 1 is 0.594 bits per heavy atom. The summed E-state index contributed by atoms with van der Waals surface area (Å²) in [5, 5.41) is 0. The maximum atomic E-state index is 2.48. The van der Waals surface area contributed by atoms with Gasteiger partial charge in [0.1, 0.15) is 0 Å². The molecule has 0 heterocycles. The number of allylic oxidation sites excluding steroid dienone is 4. The molecule has 0 saturated heterocycles. The van der Waals surface area contributed by atoms with Crippen LogP contribution in [0.3, 0.4) is 0 Å². The molecule has 0 fully saturated rings. The van der Waals surface area contributed by atoms with Crippen molar-refractivity contribution in [3.05, 3.63) is 131 Å². The molecule has 1 radical (unpaired) electrons. The van der Waals surface area contributed by atoms with Gasteiger partial charge >= 0.3 is 0 Å². The van der Waals surface area contributed by atoms with Gasteiger partial charge in [0, 0.05) is 6.42 Å². The van der Waals surface area contributed by atoms with Gasteiger partial charge in [-0.1, -0.05) is 139 Å². The van der Waals surface area contributed by atoms with Gasteiger partial charge in [-0.15, -0.1) is 0 Å². The Kier molecular flexibility index (Phi) is 5.76. The Morgan fingerprint density at radius 3 is 1.81 bits per heavy atom. The summed E-state index contributed by atoms with van der Waals surface area (Å²) in [6.07, 6.45) is 9.38. The third-order valence-corrected chi connectivity index (χ3v) is 6.50. The van der Waals surface area contributed by atoms with Crippen molar-refractivity contribution in [3.63, 3.8) is 0 Å². The quantitative estimate of drug-likeness (QED) is 0.399. The molecule has 0 N–H and O–H groups in total. The van der Waals surface area contributed by atoms with E-state index in [1.165, 1.54) is 33.4 Å². The highest BCUT2D eigenvalue weighted by Gasteiger charge is 2.36. The van der Waals surface area contributed by atoms with Crippen LogP contribution in [0, 0.1) is 6.42 Å². The minimum absolute atomic E-state index is 0.0463. The smallest absolute Gasteiger partial charge is 0.0571 e. The van der Waals surface area contributed by atoms with Crippen LogP contribution in [-0.2, 0) is 16.2 Å². The van der Waals surface area contributed by atoms with Gasteiger partial charge in [0.2, 0.25) is 0 Å². The van der Waals surface area contributed by atoms with E-state index in [-0.39, 0.29) is 16.2 Å². The first-order valence-electron chi connectivity index (χ1n) is 11.6. The second-order valence-electron chi connectivity index (χ2n) is 11.0. The molecule has 3 aromatic carbocycles. The van der Waals surface area contributed by atoms with Gasteiger partial charge in [-0.2, -0.15) is 0 Å². The van der Waals surface area contributed by atoms with Crippen molar-refractivity contribution in [2.75, 3.05) is 0 Å². The van der Waals surface area contributed by atoms with E-state index in [2.05, 4.69) is 145 Å². The standard InChI is InChI=1S/C32H35/c1-30(2,3)27-19-11-10-18-26(27)24-15-14-22-32(23-24,25-16-8-7-9-17-25)29-21-13-12-20-28(29)31(4,5)6/h7-23H,1-6H3. The van der Waals surface area contributed by atoms with Gasteiger partial charge in [0.25, 0.3) is 0 Å². The number of benzene rings is 3. The molecule has 4 rings (SSSR count). The molecule has 3 aromatic rings. The summed E-state index contributed by atoms with van der Waals surface area (Å²) in [6, 6.07) is 28.7. The van der Waals surface area contributed by atoms with Crippen LogP contribution in [0.15, 0.2) is 97.1 Å². The average Bonchev–Trinajstić information content (AvgIpc) is 2.78. The SMILES string of the molecule is CC(C)(C)c1ccccc1C1=CC(c2ccccc2)(c2ccccc2C(C)(C)C)C=C[CH]1. The van der Waals surface area contributed by atoms with Crippen molar-refractivity contribution in [2.24, 2.45) is 0 Å². The third kappa shape index (κ3) is 4.11. The lowest BCUT2D eigenvalue weighted by Crippen LogP contribution is -2.29. The highest BCUT2D eigenvalue weighted by molar-refractivity contribution is 5.81. The Morgan fingerprint density at radius 2 is 1.16 bits per heavy atom. The summed E-state index contributed by atoms with van der Waals surface area (Å²) in [7, 11) is 0. The normalized spacial score (nSPS) is 19.0. The van der Waals surface area contributed by atoms with Crippen molar-refractivity contribution >= 4 is 5.57 Å². The molecule has 0 spiro atoms. The van der Waals surface area contributed by atoms with Crippen LogP contribution in [0.5, 0.6) is 0 Å². The molecule has 0 saturated carbocycles. The lowest BCUT2D eigenvalue weighted by molar-refractivity contribution is 0.573. The lowest BCUT2D eigenvalue weighted by Gasteiger charge is -2.37. The van der Waals surface area contributed by atoms with E-state index in [1.807, 2.05) is 0 Å². The third-order valence-electron chi connectivity index (χ3n) is 6.50. The van der Waals surface area contributed by atoms with Crippen LogP contribution in [0.25, 0.3) is 5.57 Å². The van der Waals surface area contributed by atoms with Crippen molar-refractivity contribution < 1.29 is 0 Å². The van der Waals surface area contributed by atoms with Crippen LogP contribution in [-0.4, -0.2) is 0 Å². The summed E-state index contributed by atoms with van der Waals surface area (Å²) < 4.78 is 0. The van der Waals surface area contributed by atoms with E-state index >= 15 is 0 Å². The fraction of sp³-hybridized carbons (Fsp3) is 0.281. The summed E-state index contributed by atoms with van der Waals surface area (Å²) in [5.41, 5.74) is 7.82.